The van der Waals surface area contributed by atoms with Crippen LogP contribution in [0, 0.1) is 11.3 Å². The zero-order chi connectivity index (χ0) is 19.7. The molecule has 3 N–H and O–H groups in total. The van der Waals surface area contributed by atoms with Crippen molar-refractivity contribution in [3.8, 4) is 6.07 Å². The van der Waals surface area contributed by atoms with Gasteiger partial charge in [0.15, 0.2) is 6.23 Å². The van der Waals surface area contributed by atoms with E-state index in [9.17, 15) is 15.3 Å². The Hall–Kier alpha value is -2.48. The van der Waals surface area contributed by atoms with Crippen molar-refractivity contribution < 1.29 is 20.1 Å². The van der Waals surface area contributed by atoms with Gasteiger partial charge in [-0.2, -0.15) is 5.26 Å². The van der Waals surface area contributed by atoms with Crippen LogP contribution < -0.4 is 0 Å². The molecular formula is C19H18N4O4S. The second-order valence-corrected chi connectivity index (χ2v) is 7.43. The van der Waals surface area contributed by atoms with Gasteiger partial charge in [-0.25, -0.2) is 9.97 Å². The van der Waals surface area contributed by atoms with E-state index in [-0.39, 0.29) is 6.61 Å². The maximum Gasteiger partial charge on any atom is 0.164 e. The second kappa shape index (κ2) is 7.87. The molecule has 0 unspecified atom stereocenters. The molecule has 4 atom stereocenters. The first kappa shape index (κ1) is 18.9. The third kappa shape index (κ3) is 3.37. The Labute approximate surface area is 165 Å². The summed E-state index contributed by atoms with van der Waals surface area (Å²) in [6, 6.07) is 11.3. The molecule has 1 aliphatic rings. The maximum absolute atomic E-state index is 10.3. The number of rotatable bonds is 5. The summed E-state index contributed by atoms with van der Waals surface area (Å²) in [5.74, 6) is 0.677. The van der Waals surface area contributed by atoms with Gasteiger partial charge in [0.25, 0.3) is 0 Å². The van der Waals surface area contributed by atoms with Crippen LogP contribution in [0.25, 0.3) is 11.0 Å². The fourth-order valence-corrected chi connectivity index (χ4v) is 4.14. The predicted octanol–water partition coefficient (Wildman–Crippen LogP) is 1.21. The van der Waals surface area contributed by atoms with Crippen LogP contribution >= 0.6 is 11.8 Å². The molecule has 3 heterocycles. The Balaban J connectivity index is 1.57. The molecule has 1 fully saturated rings. The summed E-state index contributed by atoms with van der Waals surface area (Å²) in [6.45, 7) is -0.380. The number of nitrogens with zero attached hydrogens (tertiary/aromatic N) is 4. The Bertz CT molecular complexity index is 1020. The third-order valence-electron chi connectivity index (χ3n) is 4.72. The number of thioether (sulfide) groups is 1. The first-order valence-electron chi connectivity index (χ1n) is 8.68. The van der Waals surface area contributed by atoms with Gasteiger partial charge in [-0.3, -0.25) is 0 Å². The normalized spacial score (nSPS) is 24.5. The number of aliphatic hydroxyl groups excluding tert-OH is 3. The van der Waals surface area contributed by atoms with Gasteiger partial charge in [0.1, 0.15) is 35.3 Å². The summed E-state index contributed by atoms with van der Waals surface area (Å²) in [6.07, 6.45) is -0.843. The largest absolute Gasteiger partial charge is 0.394 e. The van der Waals surface area contributed by atoms with E-state index >= 15 is 0 Å². The summed E-state index contributed by atoms with van der Waals surface area (Å²) >= 11 is 1.54. The molecule has 2 aromatic heterocycles. The lowest BCUT2D eigenvalue weighted by Gasteiger charge is -2.17. The van der Waals surface area contributed by atoms with Crippen molar-refractivity contribution >= 4 is 22.8 Å². The van der Waals surface area contributed by atoms with Crippen molar-refractivity contribution in [2.75, 3.05) is 6.61 Å². The van der Waals surface area contributed by atoms with Gasteiger partial charge >= 0.3 is 0 Å². The number of aromatic nitrogens is 3. The molecule has 9 heteroatoms. The summed E-state index contributed by atoms with van der Waals surface area (Å²) in [7, 11) is 0. The molecule has 0 saturated carbocycles. The minimum Gasteiger partial charge on any atom is -0.394 e. The second-order valence-electron chi connectivity index (χ2n) is 6.47. The van der Waals surface area contributed by atoms with Gasteiger partial charge < -0.3 is 24.6 Å². The maximum atomic E-state index is 10.3. The highest BCUT2D eigenvalue weighted by Crippen LogP contribution is 2.34. The predicted molar refractivity (Wildman–Crippen MR) is 101 cm³/mol. The molecule has 1 saturated heterocycles. The van der Waals surface area contributed by atoms with Crippen LogP contribution in [-0.4, -0.2) is 54.8 Å². The highest BCUT2D eigenvalue weighted by molar-refractivity contribution is 7.98. The molecule has 8 nitrogen and oxygen atoms in total. The number of aliphatic hydroxyl groups is 3. The molecular weight excluding hydrogens is 380 g/mol. The van der Waals surface area contributed by atoms with Crippen LogP contribution in [0.5, 0.6) is 0 Å². The fraction of sp³-hybridized carbons (Fsp3) is 0.316. The number of nitriles is 1. The number of hydrogen-bond donors (Lipinski definition) is 3. The number of ether oxygens (including phenoxy) is 1. The Morgan fingerprint density at radius 1 is 1.14 bits per heavy atom. The van der Waals surface area contributed by atoms with Crippen LogP contribution in [0.4, 0.5) is 0 Å². The molecule has 4 rings (SSSR count). The molecule has 0 spiro atoms. The number of hydrogen-bond acceptors (Lipinski definition) is 8. The smallest absolute Gasteiger partial charge is 0.164 e. The first-order valence-corrected chi connectivity index (χ1v) is 9.66. The van der Waals surface area contributed by atoms with E-state index in [2.05, 4.69) is 16.0 Å². The van der Waals surface area contributed by atoms with Crippen LogP contribution in [-0.2, 0) is 10.5 Å². The van der Waals surface area contributed by atoms with Gasteiger partial charge in [0.05, 0.1) is 23.6 Å². The molecule has 0 bridgehead atoms. The molecule has 0 aliphatic carbocycles. The molecule has 0 radical (unpaired) electrons. The first-order chi connectivity index (χ1) is 13.6. The lowest BCUT2D eigenvalue weighted by Crippen LogP contribution is -2.33. The van der Waals surface area contributed by atoms with Crippen LogP contribution in [0.3, 0.4) is 0 Å². The van der Waals surface area contributed by atoms with Crippen molar-refractivity contribution in [1.29, 1.82) is 5.26 Å². The van der Waals surface area contributed by atoms with Gasteiger partial charge in [0.2, 0.25) is 0 Å². The minimum absolute atomic E-state index is 0.380. The lowest BCUT2D eigenvalue weighted by molar-refractivity contribution is -0.0508. The standard InChI is InChI=1S/C19H18N4O4S/c20-7-11-1-3-12(4-2-11)9-28-18-13-5-6-23(17(13)21-10-22-18)19-16(26)15(25)14(8-24)27-19/h1-6,10,14-16,19,24-26H,8-9H2/t14-,15-,16-,19-/m1/s1. The van der Waals surface area contributed by atoms with Crippen molar-refractivity contribution in [2.24, 2.45) is 0 Å². The SMILES string of the molecule is N#Cc1ccc(CSc2ncnc3c2ccn3[C@@H]2O[C@H](CO)[C@@H](O)[C@H]2O)cc1. The van der Waals surface area contributed by atoms with E-state index in [1.165, 1.54) is 18.1 Å². The van der Waals surface area contributed by atoms with Crippen molar-refractivity contribution in [3.05, 3.63) is 54.0 Å². The molecule has 1 aliphatic heterocycles. The van der Waals surface area contributed by atoms with Crippen molar-refractivity contribution in [1.82, 2.24) is 14.5 Å². The van der Waals surface area contributed by atoms with E-state index in [0.29, 0.717) is 17.0 Å². The lowest BCUT2D eigenvalue weighted by atomic mass is 10.1. The monoisotopic (exact) mass is 398 g/mol. The zero-order valence-electron chi connectivity index (χ0n) is 14.7. The van der Waals surface area contributed by atoms with E-state index < -0.39 is 24.5 Å². The zero-order valence-corrected chi connectivity index (χ0v) is 15.5. The Morgan fingerprint density at radius 3 is 2.61 bits per heavy atom. The van der Waals surface area contributed by atoms with Crippen LogP contribution in [0.2, 0.25) is 0 Å². The average Bonchev–Trinajstić information content (AvgIpc) is 3.28. The van der Waals surface area contributed by atoms with Crippen LogP contribution in [0.15, 0.2) is 47.9 Å². The van der Waals surface area contributed by atoms with E-state index in [1.807, 2.05) is 18.2 Å². The van der Waals surface area contributed by atoms with Crippen LogP contribution in [0.1, 0.15) is 17.4 Å². The van der Waals surface area contributed by atoms with Gasteiger partial charge in [-0.15, -0.1) is 11.8 Å². The van der Waals surface area contributed by atoms with Crippen molar-refractivity contribution in [2.45, 2.75) is 35.3 Å². The topological polar surface area (TPSA) is 124 Å². The van der Waals surface area contributed by atoms with Crippen molar-refractivity contribution in [3.63, 3.8) is 0 Å². The summed E-state index contributed by atoms with van der Waals surface area (Å²) in [4.78, 5) is 8.66. The molecule has 0 amide bonds. The van der Waals surface area contributed by atoms with Gasteiger partial charge in [-0.05, 0) is 23.8 Å². The average molecular weight is 398 g/mol. The molecule has 144 valence electrons. The molecule has 1 aromatic carbocycles. The van der Waals surface area contributed by atoms with Gasteiger partial charge in [-0.1, -0.05) is 12.1 Å². The molecule has 3 aromatic rings. The fourth-order valence-electron chi connectivity index (χ4n) is 3.21. The quantitative estimate of drug-likeness (QED) is 0.433. The Kier molecular flexibility index (Phi) is 5.30. The highest BCUT2D eigenvalue weighted by Gasteiger charge is 2.43. The summed E-state index contributed by atoms with van der Waals surface area (Å²) in [5.41, 5.74) is 2.26. The number of benzene rings is 1. The molecule has 28 heavy (non-hydrogen) atoms. The van der Waals surface area contributed by atoms with Gasteiger partial charge in [0, 0.05) is 11.9 Å². The summed E-state index contributed by atoms with van der Waals surface area (Å²) < 4.78 is 7.24. The van der Waals surface area contributed by atoms with E-state index in [0.717, 1.165) is 16.0 Å². The highest BCUT2D eigenvalue weighted by atomic mass is 32.2. The van der Waals surface area contributed by atoms with E-state index in [1.54, 1.807) is 22.9 Å². The minimum atomic E-state index is -1.17. The number of fused-ring (bicyclic) bond motifs is 1. The summed E-state index contributed by atoms with van der Waals surface area (Å²) in [5, 5.41) is 40.0. The van der Waals surface area contributed by atoms with E-state index in [4.69, 9.17) is 10.00 Å². The Morgan fingerprint density at radius 2 is 1.93 bits per heavy atom. The third-order valence-corrected chi connectivity index (χ3v) is 5.80.